The van der Waals surface area contributed by atoms with Crippen molar-refractivity contribution in [3.63, 3.8) is 0 Å². The van der Waals surface area contributed by atoms with Crippen molar-refractivity contribution in [2.45, 2.75) is 103 Å². The van der Waals surface area contributed by atoms with Crippen molar-refractivity contribution in [1.29, 1.82) is 0 Å². The van der Waals surface area contributed by atoms with Gasteiger partial charge in [-0.1, -0.05) is 58.3 Å². The van der Waals surface area contributed by atoms with Crippen molar-refractivity contribution in [3.8, 4) is 0 Å². The summed E-state index contributed by atoms with van der Waals surface area (Å²) in [6.07, 6.45) is 17.0. The standard InChI is InChI=1S/C19H37NO2/c1-2-3-4-7-10-16-20-18-14-11-13-17(18)12-8-5-6-9-15-19(21)22/h17-18,20H,2-16H2,1H3,(H,21,22)/t17-,18-/m0/s1. The van der Waals surface area contributed by atoms with Crippen LogP contribution in [0.1, 0.15) is 96.8 Å². The lowest BCUT2D eigenvalue weighted by molar-refractivity contribution is -0.137. The highest BCUT2D eigenvalue weighted by atomic mass is 16.4. The van der Waals surface area contributed by atoms with E-state index in [2.05, 4.69) is 12.2 Å². The van der Waals surface area contributed by atoms with Gasteiger partial charge >= 0.3 is 5.97 Å². The van der Waals surface area contributed by atoms with Gasteiger partial charge in [0.1, 0.15) is 0 Å². The van der Waals surface area contributed by atoms with Crippen LogP contribution >= 0.6 is 0 Å². The molecule has 0 saturated heterocycles. The van der Waals surface area contributed by atoms with Crippen LogP contribution in [0.2, 0.25) is 0 Å². The average Bonchev–Trinajstić information content (AvgIpc) is 2.93. The molecule has 0 amide bonds. The van der Waals surface area contributed by atoms with E-state index < -0.39 is 5.97 Å². The SMILES string of the molecule is CCCCCCCN[C@H]1CCC[C@@H]1CCCCCCC(=O)O. The molecule has 3 nitrogen and oxygen atoms in total. The number of unbranched alkanes of at least 4 members (excludes halogenated alkanes) is 7. The largest absolute Gasteiger partial charge is 0.481 e. The van der Waals surface area contributed by atoms with Gasteiger partial charge in [0.15, 0.2) is 0 Å². The molecule has 0 aromatic carbocycles. The van der Waals surface area contributed by atoms with E-state index in [1.807, 2.05) is 0 Å². The van der Waals surface area contributed by atoms with Crippen LogP contribution in [-0.2, 0) is 4.79 Å². The topological polar surface area (TPSA) is 49.3 Å². The normalized spacial score (nSPS) is 21.3. The molecule has 0 radical (unpaired) electrons. The Bertz CT molecular complexity index is 281. The minimum Gasteiger partial charge on any atom is -0.481 e. The molecular formula is C19H37NO2. The van der Waals surface area contributed by atoms with Gasteiger partial charge in [-0.2, -0.15) is 0 Å². The molecule has 22 heavy (non-hydrogen) atoms. The van der Waals surface area contributed by atoms with Crippen LogP contribution in [0.3, 0.4) is 0 Å². The van der Waals surface area contributed by atoms with E-state index in [0.717, 1.165) is 24.8 Å². The lowest BCUT2D eigenvalue weighted by Crippen LogP contribution is -2.33. The molecule has 1 aliphatic carbocycles. The number of hydrogen-bond donors (Lipinski definition) is 2. The number of carbonyl (C=O) groups is 1. The molecule has 0 bridgehead atoms. The fourth-order valence-corrected chi connectivity index (χ4v) is 3.70. The highest BCUT2D eigenvalue weighted by Crippen LogP contribution is 2.30. The van der Waals surface area contributed by atoms with E-state index in [1.54, 1.807) is 0 Å². The Labute approximate surface area is 137 Å². The second kappa shape index (κ2) is 12.9. The van der Waals surface area contributed by atoms with Gasteiger partial charge in [-0.3, -0.25) is 4.79 Å². The Kier molecular flexibility index (Phi) is 11.4. The second-order valence-corrected chi connectivity index (χ2v) is 7.01. The first-order valence-electron chi connectivity index (χ1n) is 9.69. The summed E-state index contributed by atoms with van der Waals surface area (Å²) < 4.78 is 0. The minimum atomic E-state index is -0.654. The molecule has 0 aromatic rings. The quantitative estimate of drug-likeness (QED) is 0.437. The smallest absolute Gasteiger partial charge is 0.303 e. The molecular weight excluding hydrogens is 274 g/mol. The monoisotopic (exact) mass is 311 g/mol. The Morgan fingerprint density at radius 2 is 1.73 bits per heavy atom. The Morgan fingerprint density at radius 1 is 1.00 bits per heavy atom. The van der Waals surface area contributed by atoms with Crippen LogP contribution in [0.4, 0.5) is 0 Å². The van der Waals surface area contributed by atoms with Gasteiger partial charge in [0, 0.05) is 12.5 Å². The van der Waals surface area contributed by atoms with E-state index in [1.165, 1.54) is 77.2 Å². The van der Waals surface area contributed by atoms with E-state index in [-0.39, 0.29) is 0 Å². The summed E-state index contributed by atoms with van der Waals surface area (Å²) in [5.41, 5.74) is 0. The van der Waals surface area contributed by atoms with Gasteiger partial charge < -0.3 is 10.4 Å². The van der Waals surface area contributed by atoms with Gasteiger partial charge in [0.25, 0.3) is 0 Å². The molecule has 0 heterocycles. The molecule has 1 saturated carbocycles. The number of carboxylic acids is 1. The van der Waals surface area contributed by atoms with E-state index in [9.17, 15) is 4.79 Å². The second-order valence-electron chi connectivity index (χ2n) is 7.01. The van der Waals surface area contributed by atoms with Crippen LogP contribution < -0.4 is 5.32 Å². The maximum Gasteiger partial charge on any atom is 0.303 e. The van der Waals surface area contributed by atoms with Gasteiger partial charge in [-0.05, 0) is 44.6 Å². The molecule has 0 aromatic heterocycles. The fourth-order valence-electron chi connectivity index (χ4n) is 3.70. The van der Waals surface area contributed by atoms with E-state index >= 15 is 0 Å². The van der Waals surface area contributed by atoms with E-state index in [0.29, 0.717) is 6.42 Å². The Balaban J connectivity index is 1.99. The number of aliphatic carboxylic acids is 1. The van der Waals surface area contributed by atoms with Gasteiger partial charge in [-0.15, -0.1) is 0 Å². The minimum absolute atomic E-state index is 0.339. The van der Waals surface area contributed by atoms with Crippen LogP contribution in [0, 0.1) is 5.92 Å². The average molecular weight is 312 g/mol. The summed E-state index contributed by atoms with van der Waals surface area (Å²) in [6.45, 7) is 3.46. The third-order valence-electron chi connectivity index (χ3n) is 5.06. The van der Waals surface area contributed by atoms with Gasteiger partial charge in [0.05, 0.1) is 0 Å². The first-order chi connectivity index (χ1) is 10.7. The highest BCUT2D eigenvalue weighted by molar-refractivity contribution is 5.66. The van der Waals surface area contributed by atoms with Crippen LogP contribution in [-0.4, -0.2) is 23.7 Å². The van der Waals surface area contributed by atoms with Crippen molar-refractivity contribution in [1.82, 2.24) is 5.32 Å². The first kappa shape index (κ1) is 19.5. The molecule has 1 fully saturated rings. The third-order valence-corrected chi connectivity index (χ3v) is 5.06. The maximum atomic E-state index is 10.5. The summed E-state index contributed by atoms with van der Waals surface area (Å²) in [5.74, 6) is 0.217. The Hall–Kier alpha value is -0.570. The zero-order chi connectivity index (χ0) is 16.0. The highest BCUT2D eigenvalue weighted by Gasteiger charge is 2.25. The number of carboxylic acid groups (broad SMARTS) is 1. The van der Waals surface area contributed by atoms with E-state index in [4.69, 9.17) is 5.11 Å². The Morgan fingerprint density at radius 3 is 2.50 bits per heavy atom. The van der Waals surface area contributed by atoms with Crippen LogP contribution in [0.5, 0.6) is 0 Å². The van der Waals surface area contributed by atoms with Crippen molar-refractivity contribution in [2.24, 2.45) is 5.92 Å². The maximum absolute atomic E-state index is 10.5. The predicted molar refractivity (Wildman–Crippen MR) is 93.2 cm³/mol. The molecule has 2 atom stereocenters. The van der Waals surface area contributed by atoms with Crippen LogP contribution in [0.25, 0.3) is 0 Å². The first-order valence-corrected chi connectivity index (χ1v) is 9.69. The number of rotatable bonds is 14. The summed E-state index contributed by atoms with van der Waals surface area (Å²) in [4.78, 5) is 10.5. The molecule has 0 spiro atoms. The van der Waals surface area contributed by atoms with Gasteiger partial charge in [-0.25, -0.2) is 0 Å². The number of hydrogen-bond acceptors (Lipinski definition) is 2. The molecule has 0 aliphatic heterocycles. The van der Waals surface area contributed by atoms with Crippen LogP contribution in [0.15, 0.2) is 0 Å². The summed E-state index contributed by atoms with van der Waals surface area (Å²) >= 11 is 0. The zero-order valence-electron chi connectivity index (χ0n) is 14.6. The van der Waals surface area contributed by atoms with Crippen molar-refractivity contribution >= 4 is 5.97 Å². The molecule has 0 unspecified atom stereocenters. The predicted octanol–water partition coefficient (Wildman–Crippen LogP) is 5.14. The van der Waals surface area contributed by atoms with Crippen molar-refractivity contribution < 1.29 is 9.90 Å². The molecule has 1 rings (SSSR count). The lowest BCUT2D eigenvalue weighted by atomic mass is 9.95. The number of nitrogens with one attached hydrogen (secondary N) is 1. The molecule has 130 valence electrons. The summed E-state index contributed by atoms with van der Waals surface area (Å²) in [5, 5.41) is 12.4. The van der Waals surface area contributed by atoms with Gasteiger partial charge in [0.2, 0.25) is 0 Å². The molecule has 1 aliphatic rings. The zero-order valence-corrected chi connectivity index (χ0v) is 14.6. The van der Waals surface area contributed by atoms with Crippen molar-refractivity contribution in [3.05, 3.63) is 0 Å². The summed E-state index contributed by atoms with van der Waals surface area (Å²) in [7, 11) is 0. The lowest BCUT2D eigenvalue weighted by Gasteiger charge is -2.21. The third kappa shape index (κ3) is 9.45. The molecule has 3 heteroatoms. The summed E-state index contributed by atoms with van der Waals surface area (Å²) in [6, 6.07) is 0.755. The molecule has 2 N–H and O–H groups in total. The van der Waals surface area contributed by atoms with Crippen molar-refractivity contribution in [2.75, 3.05) is 6.54 Å². The fraction of sp³-hybridized carbons (Fsp3) is 0.947.